The number of anilines is 1. The predicted octanol–water partition coefficient (Wildman–Crippen LogP) is 0.0335. The Morgan fingerprint density at radius 3 is 2.59 bits per heavy atom. The fourth-order valence-electron chi connectivity index (χ4n) is 3.52. The summed E-state index contributed by atoms with van der Waals surface area (Å²) in [4.78, 5) is 43.6. The van der Waals surface area contributed by atoms with Crippen molar-refractivity contribution in [3.63, 3.8) is 0 Å². The van der Waals surface area contributed by atoms with Gasteiger partial charge in [-0.3, -0.25) is 18.7 Å². The average Bonchev–Trinajstić information content (AvgIpc) is 3.11. The molecule has 1 aromatic carbocycles. The largest absolute Gasteiger partial charge is 0.480 e. The number of benzene rings is 1. The van der Waals surface area contributed by atoms with Crippen molar-refractivity contribution < 1.29 is 9.90 Å². The molecule has 0 atom stereocenters. The summed E-state index contributed by atoms with van der Waals surface area (Å²) in [6.45, 7) is 2.07. The SMILES string of the molecule is Cn1c(=O)n(CC(=O)O)c(=O)c2c1nc(N1CCNCC1)n2-c1ccccc1Cl. The molecule has 0 saturated carbocycles. The monoisotopic (exact) mass is 418 g/mol. The van der Waals surface area contributed by atoms with Crippen LogP contribution in [0.1, 0.15) is 0 Å². The van der Waals surface area contributed by atoms with Crippen LogP contribution < -0.4 is 21.5 Å². The first-order chi connectivity index (χ1) is 13.9. The summed E-state index contributed by atoms with van der Waals surface area (Å²) in [5, 5.41) is 12.8. The summed E-state index contributed by atoms with van der Waals surface area (Å²) in [6.07, 6.45) is 0. The fraction of sp³-hybridized carbons (Fsp3) is 0.333. The van der Waals surface area contributed by atoms with Crippen molar-refractivity contribution >= 4 is 34.7 Å². The number of para-hydroxylation sites is 1. The van der Waals surface area contributed by atoms with E-state index in [0.717, 1.165) is 13.1 Å². The number of imidazole rings is 1. The van der Waals surface area contributed by atoms with Crippen LogP contribution in [-0.4, -0.2) is 55.9 Å². The molecule has 0 unspecified atom stereocenters. The highest BCUT2D eigenvalue weighted by Crippen LogP contribution is 2.29. The van der Waals surface area contributed by atoms with E-state index in [1.807, 2.05) is 4.90 Å². The van der Waals surface area contributed by atoms with Crippen molar-refractivity contribution in [2.45, 2.75) is 6.54 Å². The average molecular weight is 419 g/mol. The maximum absolute atomic E-state index is 13.2. The molecule has 0 spiro atoms. The highest BCUT2D eigenvalue weighted by Gasteiger charge is 2.26. The Kier molecular flexibility index (Phi) is 4.89. The summed E-state index contributed by atoms with van der Waals surface area (Å²) in [7, 11) is 1.47. The molecule has 152 valence electrons. The van der Waals surface area contributed by atoms with Crippen LogP contribution in [0, 0.1) is 0 Å². The van der Waals surface area contributed by atoms with Gasteiger partial charge in [0.2, 0.25) is 5.95 Å². The van der Waals surface area contributed by atoms with Gasteiger partial charge in [0.05, 0.1) is 10.7 Å². The van der Waals surface area contributed by atoms with E-state index < -0.39 is 23.8 Å². The summed E-state index contributed by atoms with van der Waals surface area (Å²) >= 11 is 6.42. The van der Waals surface area contributed by atoms with Crippen molar-refractivity contribution in [1.29, 1.82) is 0 Å². The lowest BCUT2D eigenvalue weighted by Gasteiger charge is -2.28. The van der Waals surface area contributed by atoms with E-state index >= 15 is 0 Å². The van der Waals surface area contributed by atoms with Crippen molar-refractivity contribution in [2.75, 3.05) is 31.1 Å². The van der Waals surface area contributed by atoms with Crippen LogP contribution in [0.25, 0.3) is 16.9 Å². The maximum Gasteiger partial charge on any atom is 0.333 e. The molecule has 0 radical (unpaired) electrons. The molecule has 0 amide bonds. The molecule has 10 nitrogen and oxygen atoms in total. The van der Waals surface area contributed by atoms with Gasteiger partial charge in [0.25, 0.3) is 5.56 Å². The van der Waals surface area contributed by atoms with E-state index in [9.17, 15) is 14.4 Å². The first-order valence-corrected chi connectivity index (χ1v) is 9.42. The van der Waals surface area contributed by atoms with Gasteiger partial charge in [-0.2, -0.15) is 4.98 Å². The van der Waals surface area contributed by atoms with E-state index in [1.54, 1.807) is 28.8 Å². The fourth-order valence-corrected chi connectivity index (χ4v) is 3.74. The first kappa shape index (κ1) is 19.2. The number of rotatable bonds is 4. The minimum atomic E-state index is -1.28. The molecule has 29 heavy (non-hydrogen) atoms. The molecule has 11 heteroatoms. The smallest absolute Gasteiger partial charge is 0.333 e. The third-order valence-electron chi connectivity index (χ3n) is 4.91. The topological polar surface area (TPSA) is 114 Å². The van der Waals surface area contributed by atoms with Crippen LogP contribution in [0.15, 0.2) is 33.9 Å². The molecule has 4 rings (SSSR count). The quantitative estimate of drug-likeness (QED) is 0.614. The molecule has 1 aliphatic heterocycles. The Morgan fingerprint density at radius 2 is 1.93 bits per heavy atom. The number of carboxylic acids is 1. The summed E-state index contributed by atoms with van der Waals surface area (Å²) < 4.78 is 3.50. The van der Waals surface area contributed by atoms with E-state index in [0.29, 0.717) is 34.3 Å². The molecule has 2 N–H and O–H groups in total. The van der Waals surface area contributed by atoms with Crippen LogP contribution >= 0.6 is 11.6 Å². The van der Waals surface area contributed by atoms with Gasteiger partial charge in [-0.25, -0.2) is 9.36 Å². The molecule has 0 bridgehead atoms. The number of aromatic nitrogens is 4. The number of piperazine rings is 1. The van der Waals surface area contributed by atoms with E-state index in [1.165, 1.54) is 11.6 Å². The number of nitrogens with zero attached hydrogens (tertiary/aromatic N) is 5. The van der Waals surface area contributed by atoms with E-state index in [4.69, 9.17) is 16.7 Å². The molecule has 1 aliphatic rings. The lowest BCUT2D eigenvalue weighted by molar-refractivity contribution is -0.137. The van der Waals surface area contributed by atoms with Gasteiger partial charge < -0.3 is 15.3 Å². The summed E-state index contributed by atoms with van der Waals surface area (Å²) in [5.74, 6) is -0.801. The number of carbonyl (C=O) groups is 1. The Hall–Kier alpha value is -3.11. The zero-order valence-electron chi connectivity index (χ0n) is 15.6. The number of hydrogen-bond acceptors (Lipinski definition) is 6. The van der Waals surface area contributed by atoms with Crippen LogP contribution in [-0.2, 0) is 18.4 Å². The highest BCUT2D eigenvalue weighted by atomic mass is 35.5. The molecule has 2 aromatic heterocycles. The number of halogens is 1. The van der Waals surface area contributed by atoms with Crippen molar-refractivity contribution in [3.8, 4) is 5.69 Å². The molecule has 3 heterocycles. The molecular weight excluding hydrogens is 400 g/mol. The third-order valence-corrected chi connectivity index (χ3v) is 5.23. The number of carboxylic acid groups (broad SMARTS) is 1. The highest BCUT2D eigenvalue weighted by molar-refractivity contribution is 6.32. The van der Waals surface area contributed by atoms with Crippen molar-refractivity contribution in [3.05, 3.63) is 50.1 Å². The number of hydrogen-bond donors (Lipinski definition) is 2. The van der Waals surface area contributed by atoms with Gasteiger partial charge in [-0.05, 0) is 12.1 Å². The lowest BCUT2D eigenvalue weighted by atomic mass is 10.3. The Bertz CT molecular complexity index is 1220. The van der Waals surface area contributed by atoms with Gasteiger partial charge in [0, 0.05) is 33.2 Å². The number of aryl methyl sites for hydroxylation is 1. The van der Waals surface area contributed by atoms with Gasteiger partial charge >= 0.3 is 11.7 Å². The van der Waals surface area contributed by atoms with Crippen LogP contribution in [0.4, 0.5) is 5.95 Å². The second kappa shape index (κ2) is 7.37. The minimum Gasteiger partial charge on any atom is -0.480 e. The molecular formula is C18H19ClN6O4. The first-order valence-electron chi connectivity index (χ1n) is 9.04. The zero-order chi connectivity index (χ0) is 20.7. The standard InChI is InChI=1S/C18H19ClN6O4/c1-22-15-14(16(28)24(18(22)29)10-13(26)27)25(12-5-3-2-4-11(12)19)17(21-15)23-8-6-20-7-9-23/h2-5,20H,6-10H2,1H3,(H,26,27). The van der Waals surface area contributed by atoms with Crippen molar-refractivity contribution in [1.82, 2.24) is 24.0 Å². The predicted molar refractivity (Wildman–Crippen MR) is 108 cm³/mol. The number of fused-ring (bicyclic) bond motifs is 1. The maximum atomic E-state index is 13.2. The Balaban J connectivity index is 2.12. The second-order valence-corrected chi connectivity index (χ2v) is 7.14. The zero-order valence-corrected chi connectivity index (χ0v) is 16.4. The van der Waals surface area contributed by atoms with Gasteiger partial charge in [-0.1, -0.05) is 23.7 Å². The lowest BCUT2D eigenvalue weighted by Crippen LogP contribution is -2.44. The Labute approximate surface area is 169 Å². The molecule has 1 saturated heterocycles. The second-order valence-electron chi connectivity index (χ2n) is 6.73. The van der Waals surface area contributed by atoms with E-state index in [2.05, 4.69) is 10.3 Å². The summed E-state index contributed by atoms with van der Waals surface area (Å²) in [6, 6.07) is 7.00. The van der Waals surface area contributed by atoms with Crippen LogP contribution in [0.2, 0.25) is 5.02 Å². The van der Waals surface area contributed by atoms with Gasteiger partial charge in [0.1, 0.15) is 6.54 Å². The van der Waals surface area contributed by atoms with Gasteiger partial charge in [0.15, 0.2) is 11.2 Å². The number of nitrogens with one attached hydrogen (secondary N) is 1. The van der Waals surface area contributed by atoms with E-state index in [-0.39, 0.29) is 11.2 Å². The minimum absolute atomic E-state index is 0.106. The van der Waals surface area contributed by atoms with Crippen molar-refractivity contribution in [2.24, 2.45) is 7.05 Å². The van der Waals surface area contributed by atoms with Crippen LogP contribution in [0.3, 0.4) is 0 Å². The molecule has 3 aromatic rings. The summed E-state index contributed by atoms with van der Waals surface area (Å²) in [5.41, 5.74) is -0.646. The van der Waals surface area contributed by atoms with Gasteiger partial charge in [-0.15, -0.1) is 0 Å². The number of aliphatic carboxylic acids is 1. The molecule has 0 aliphatic carbocycles. The Morgan fingerprint density at radius 1 is 1.24 bits per heavy atom. The normalized spacial score (nSPS) is 14.5. The molecule has 1 fully saturated rings. The van der Waals surface area contributed by atoms with Crippen LogP contribution in [0.5, 0.6) is 0 Å². The third kappa shape index (κ3) is 3.19.